The predicted octanol–water partition coefficient (Wildman–Crippen LogP) is 2.18. The van der Waals surface area contributed by atoms with Crippen molar-refractivity contribution < 1.29 is 9.90 Å². The molecule has 0 aliphatic carbocycles. The highest BCUT2D eigenvalue weighted by Gasteiger charge is 2.01. The number of benzene rings is 1. The fourth-order valence-corrected chi connectivity index (χ4v) is 1.29. The molecule has 2 rings (SSSR count). The summed E-state index contributed by atoms with van der Waals surface area (Å²) in [5.74, 6) is 4.78. The molecule has 0 amide bonds. The van der Waals surface area contributed by atoms with E-state index < -0.39 is 5.97 Å². The van der Waals surface area contributed by atoms with Gasteiger partial charge in [0, 0.05) is 11.8 Å². The summed E-state index contributed by atoms with van der Waals surface area (Å²) < 4.78 is 0. The van der Waals surface area contributed by atoms with Gasteiger partial charge in [-0.1, -0.05) is 24.1 Å². The van der Waals surface area contributed by atoms with Crippen LogP contribution in [0, 0.1) is 11.8 Å². The number of aromatic carboxylic acids is 1. The van der Waals surface area contributed by atoms with Crippen LogP contribution in [-0.4, -0.2) is 16.1 Å². The second kappa shape index (κ2) is 4.95. The van der Waals surface area contributed by atoms with Gasteiger partial charge in [0.15, 0.2) is 0 Å². The van der Waals surface area contributed by atoms with Crippen LogP contribution in [0.1, 0.15) is 21.6 Å². The number of hydrogen-bond donors (Lipinski definition) is 1. The number of aromatic nitrogens is 1. The molecule has 82 valence electrons. The Kier molecular flexibility index (Phi) is 3.18. The Hall–Kier alpha value is -2.60. The van der Waals surface area contributed by atoms with E-state index in [1.807, 2.05) is 30.3 Å². The average Bonchev–Trinajstić information content (AvgIpc) is 2.38. The van der Waals surface area contributed by atoms with E-state index in [2.05, 4.69) is 16.8 Å². The van der Waals surface area contributed by atoms with Gasteiger partial charge in [-0.15, -0.1) is 0 Å². The minimum atomic E-state index is -0.977. The summed E-state index contributed by atoms with van der Waals surface area (Å²) >= 11 is 0. The van der Waals surface area contributed by atoms with Crippen molar-refractivity contribution in [2.75, 3.05) is 0 Å². The number of carbonyl (C=O) groups is 1. The zero-order chi connectivity index (χ0) is 12.1. The van der Waals surface area contributed by atoms with Crippen molar-refractivity contribution in [3.63, 3.8) is 0 Å². The van der Waals surface area contributed by atoms with Gasteiger partial charge in [-0.25, -0.2) is 9.78 Å². The van der Waals surface area contributed by atoms with Crippen LogP contribution in [0.2, 0.25) is 0 Å². The van der Waals surface area contributed by atoms with Crippen LogP contribution < -0.4 is 0 Å². The summed E-state index contributed by atoms with van der Waals surface area (Å²) in [7, 11) is 0. The molecule has 3 heteroatoms. The molecule has 1 aromatic heterocycles. The van der Waals surface area contributed by atoms with Crippen LogP contribution in [-0.2, 0) is 0 Å². The molecule has 1 aromatic carbocycles. The van der Waals surface area contributed by atoms with E-state index in [1.165, 1.54) is 18.3 Å². The summed E-state index contributed by atoms with van der Waals surface area (Å²) in [6, 6.07) is 12.4. The number of pyridine rings is 1. The molecule has 1 N–H and O–H groups in total. The Morgan fingerprint density at radius 1 is 1.12 bits per heavy atom. The number of carboxylic acid groups (broad SMARTS) is 1. The molecule has 2 aromatic rings. The first-order chi connectivity index (χ1) is 8.25. The second-order valence-corrected chi connectivity index (χ2v) is 3.35. The molecular formula is C14H9NO2. The van der Waals surface area contributed by atoms with E-state index in [0.29, 0.717) is 5.69 Å². The Labute approximate surface area is 98.8 Å². The van der Waals surface area contributed by atoms with E-state index in [4.69, 9.17) is 5.11 Å². The molecule has 3 nitrogen and oxygen atoms in total. The van der Waals surface area contributed by atoms with Crippen molar-refractivity contribution in [1.82, 2.24) is 4.98 Å². The maximum absolute atomic E-state index is 10.8. The van der Waals surface area contributed by atoms with Gasteiger partial charge in [-0.3, -0.25) is 0 Å². The lowest BCUT2D eigenvalue weighted by Crippen LogP contribution is -1.97. The van der Waals surface area contributed by atoms with E-state index in [0.717, 1.165) is 5.56 Å². The molecule has 0 radical (unpaired) electrons. The largest absolute Gasteiger partial charge is 0.478 e. The molecule has 17 heavy (non-hydrogen) atoms. The maximum Gasteiger partial charge on any atom is 0.335 e. The van der Waals surface area contributed by atoms with Crippen molar-refractivity contribution in [3.05, 3.63) is 65.5 Å². The van der Waals surface area contributed by atoms with E-state index in [1.54, 1.807) is 0 Å². The number of hydrogen-bond acceptors (Lipinski definition) is 2. The van der Waals surface area contributed by atoms with E-state index in [9.17, 15) is 4.79 Å². The Morgan fingerprint density at radius 3 is 2.59 bits per heavy atom. The molecule has 0 aliphatic rings. The first kappa shape index (κ1) is 10.9. The molecule has 0 unspecified atom stereocenters. The smallest absolute Gasteiger partial charge is 0.335 e. The lowest BCUT2D eigenvalue weighted by atomic mass is 10.2. The molecule has 0 atom stereocenters. The first-order valence-corrected chi connectivity index (χ1v) is 5.02. The molecular weight excluding hydrogens is 214 g/mol. The third kappa shape index (κ3) is 2.93. The molecule has 0 saturated carbocycles. The minimum Gasteiger partial charge on any atom is -0.478 e. The molecule has 0 spiro atoms. The van der Waals surface area contributed by atoms with Gasteiger partial charge < -0.3 is 5.11 Å². The topological polar surface area (TPSA) is 50.2 Å². The van der Waals surface area contributed by atoms with Gasteiger partial charge in [0.05, 0.1) is 5.56 Å². The standard InChI is InChI=1S/C14H9NO2/c16-14(17)12-8-9-15-13(10-12)7-6-11-4-2-1-3-5-11/h1-5,8-10H,(H,16,17). The summed E-state index contributed by atoms with van der Waals surface area (Å²) in [5.41, 5.74) is 1.51. The van der Waals surface area contributed by atoms with Crippen molar-refractivity contribution in [3.8, 4) is 11.8 Å². The van der Waals surface area contributed by atoms with Gasteiger partial charge in [0.1, 0.15) is 5.69 Å². The third-order valence-corrected chi connectivity index (χ3v) is 2.12. The van der Waals surface area contributed by atoms with Crippen LogP contribution in [0.5, 0.6) is 0 Å². The predicted molar refractivity (Wildman–Crippen MR) is 63.6 cm³/mol. The fourth-order valence-electron chi connectivity index (χ4n) is 1.29. The molecule has 0 aliphatic heterocycles. The average molecular weight is 223 g/mol. The molecule has 0 bridgehead atoms. The van der Waals surface area contributed by atoms with Crippen LogP contribution >= 0.6 is 0 Å². The summed E-state index contributed by atoms with van der Waals surface area (Å²) in [5, 5.41) is 8.82. The molecule has 0 saturated heterocycles. The highest BCUT2D eigenvalue weighted by atomic mass is 16.4. The van der Waals surface area contributed by atoms with Crippen molar-refractivity contribution in [1.29, 1.82) is 0 Å². The number of rotatable bonds is 1. The van der Waals surface area contributed by atoms with Crippen molar-refractivity contribution in [2.24, 2.45) is 0 Å². The fraction of sp³-hybridized carbons (Fsp3) is 0. The SMILES string of the molecule is O=C(O)c1ccnc(C#Cc2ccccc2)c1. The molecule has 0 fully saturated rings. The second-order valence-electron chi connectivity index (χ2n) is 3.35. The maximum atomic E-state index is 10.8. The zero-order valence-electron chi connectivity index (χ0n) is 8.92. The van der Waals surface area contributed by atoms with Gasteiger partial charge >= 0.3 is 5.97 Å². The monoisotopic (exact) mass is 223 g/mol. The van der Waals surface area contributed by atoms with Crippen LogP contribution in [0.25, 0.3) is 0 Å². The lowest BCUT2D eigenvalue weighted by molar-refractivity contribution is 0.0696. The normalized spacial score (nSPS) is 9.18. The van der Waals surface area contributed by atoms with Gasteiger partial charge in [-0.05, 0) is 30.2 Å². The van der Waals surface area contributed by atoms with Crippen LogP contribution in [0.4, 0.5) is 0 Å². The summed E-state index contributed by atoms with van der Waals surface area (Å²) in [4.78, 5) is 14.8. The van der Waals surface area contributed by atoms with Crippen molar-refractivity contribution in [2.45, 2.75) is 0 Å². The van der Waals surface area contributed by atoms with Crippen LogP contribution in [0.3, 0.4) is 0 Å². The minimum absolute atomic E-state index is 0.192. The first-order valence-electron chi connectivity index (χ1n) is 5.02. The molecule has 1 heterocycles. The van der Waals surface area contributed by atoms with Gasteiger partial charge in [-0.2, -0.15) is 0 Å². The lowest BCUT2D eigenvalue weighted by Gasteiger charge is -1.93. The van der Waals surface area contributed by atoms with E-state index >= 15 is 0 Å². The zero-order valence-corrected chi connectivity index (χ0v) is 8.92. The summed E-state index contributed by atoms with van der Waals surface area (Å²) in [6.45, 7) is 0. The Bertz CT molecular complexity index is 594. The summed E-state index contributed by atoms with van der Waals surface area (Å²) in [6.07, 6.45) is 1.44. The quantitative estimate of drug-likeness (QED) is 0.754. The van der Waals surface area contributed by atoms with Crippen LogP contribution in [0.15, 0.2) is 48.7 Å². The van der Waals surface area contributed by atoms with Gasteiger partial charge in [0.2, 0.25) is 0 Å². The Morgan fingerprint density at radius 2 is 1.88 bits per heavy atom. The van der Waals surface area contributed by atoms with Crippen molar-refractivity contribution >= 4 is 5.97 Å². The number of carboxylic acids is 1. The van der Waals surface area contributed by atoms with E-state index in [-0.39, 0.29) is 5.56 Å². The highest BCUT2D eigenvalue weighted by Crippen LogP contribution is 2.01. The Balaban J connectivity index is 2.28. The third-order valence-electron chi connectivity index (χ3n) is 2.12. The highest BCUT2D eigenvalue weighted by molar-refractivity contribution is 5.87. The number of nitrogens with zero attached hydrogens (tertiary/aromatic N) is 1. The van der Waals surface area contributed by atoms with Gasteiger partial charge in [0.25, 0.3) is 0 Å².